The maximum atomic E-state index is 5.59. The molecule has 1 aromatic carbocycles. The van der Waals surface area contributed by atoms with Gasteiger partial charge in [0.1, 0.15) is 6.10 Å². The normalized spacial score (nSPS) is 14.3. The Hall–Kier alpha value is -1.72. The van der Waals surface area contributed by atoms with Gasteiger partial charge in [-0.05, 0) is 18.0 Å². The van der Waals surface area contributed by atoms with Crippen molar-refractivity contribution < 1.29 is 9.26 Å². The molecule has 0 aliphatic heterocycles. The van der Waals surface area contributed by atoms with Crippen molar-refractivity contribution in [3.05, 3.63) is 47.6 Å². The van der Waals surface area contributed by atoms with Crippen LogP contribution in [-0.4, -0.2) is 23.8 Å². The first-order valence-corrected chi connectivity index (χ1v) is 6.35. The molecule has 2 atom stereocenters. The second-order valence-electron chi connectivity index (χ2n) is 4.62. The first kappa shape index (κ1) is 13.7. The van der Waals surface area contributed by atoms with Crippen molar-refractivity contribution in [2.45, 2.75) is 19.4 Å². The zero-order chi connectivity index (χ0) is 13.7. The van der Waals surface area contributed by atoms with E-state index in [4.69, 9.17) is 15.0 Å². The lowest BCUT2D eigenvalue weighted by molar-refractivity contribution is 0.126. The fourth-order valence-corrected chi connectivity index (χ4v) is 1.86. The summed E-state index contributed by atoms with van der Waals surface area (Å²) in [7, 11) is 1.64. The summed E-state index contributed by atoms with van der Waals surface area (Å²) in [5.74, 6) is 1.48. The van der Waals surface area contributed by atoms with E-state index in [0.29, 0.717) is 30.6 Å². The van der Waals surface area contributed by atoms with Crippen LogP contribution in [0.25, 0.3) is 0 Å². The lowest BCUT2D eigenvalue weighted by Gasteiger charge is -2.10. The largest absolute Gasteiger partial charge is 0.369 e. The molecule has 0 aliphatic rings. The molecule has 0 saturated heterocycles. The van der Waals surface area contributed by atoms with E-state index < -0.39 is 0 Å². The van der Waals surface area contributed by atoms with Gasteiger partial charge in [-0.25, -0.2) is 0 Å². The molecular weight excluding hydrogens is 242 g/mol. The number of benzene rings is 1. The highest BCUT2D eigenvalue weighted by atomic mass is 16.5. The topological polar surface area (TPSA) is 74.2 Å². The second-order valence-corrected chi connectivity index (χ2v) is 4.62. The van der Waals surface area contributed by atoms with Crippen LogP contribution in [0.5, 0.6) is 0 Å². The van der Waals surface area contributed by atoms with E-state index in [1.807, 2.05) is 30.3 Å². The summed E-state index contributed by atoms with van der Waals surface area (Å²) in [6.07, 6.45) is 0.390. The highest BCUT2D eigenvalue weighted by Crippen LogP contribution is 2.23. The number of aromatic nitrogens is 2. The highest BCUT2D eigenvalue weighted by Gasteiger charge is 2.20. The minimum absolute atomic E-state index is 0.299. The monoisotopic (exact) mass is 261 g/mol. The molecular formula is C14H19N3O2. The molecule has 2 unspecified atom stereocenters. The second kappa shape index (κ2) is 6.45. The average Bonchev–Trinajstić information content (AvgIpc) is 2.89. The standard InChI is InChI=1S/C14H19N3O2/c1-10(9-15)8-12-16-14(17-19-12)13(18-2)11-6-4-3-5-7-11/h3-7,10,13H,8-9,15H2,1-2H3. The van der Waals surface area contributed by atoms with Gasteiger partial charge in [0.15, 0.2) is 0 Å². The van der Waals surface area contributed by atoms with Crippen LogP contribution >= 0.6 is 0 Å². The van der Waals surface area contributed by atoms with Crippen LogP contribution in [0.2, 0.25) is 0 Å². The van der Waals surface area contributed by atoms with E-state index in [-0.39, 0.29) is 6.10 Å². The van der Waals surface area contributed by atoms with Crippen molar-refractivity contribution in [3.63, 3.8) is 0 Å². The summed E-state index contributed by atoms with van der Waals surface area (Å²) >= 11 is 0. The van der Waals surface area contributed by atoms with E-state index in [9.17, 15) is 0 Å². The third kappa shape index (κ3) is 3.39. The predicted octanol–water partition coefficient (Wildman–Crippen LogP) is 1.94. The van der Waals surface area contributed by atoms with Crippen LogP contribution in [-0.2, 0) is 11.2 Å². The number of rotatable bonds is 6. The van der Waals surface area contributed by atoms with Gasteiger partial charge in [0.2, 0.25) is 11.7 Å². The summed E-state index contributed by atoms with van der Waals surface area (Å²) in [5.41, 5.74) is 6.59. The van der Waals surface area contributed by atoms with E-state index in [0.717, 1.165) is 5.56 Å². The van der Waals surface area contributed by atoms with Crippen LogP contribution < -0.4 is 5.73 Å². The van der Waals surface area contributed by atoms with Gasteiger partial charge in [-0.3, -0.25) is 0 Å². The molecule has 0 aliphatic carbocycles. The van der Waals surface area contributed by atoms with Crippen LogP contribution in [0.4, 0.5) is 0 Å². The Labute approximate surface area is 112 Å². The Balaban J connectivity index is 2.16. The zero-order valence-corrected chi connectivity index (χ0v) is 11.2. The van der Waals surface area contributed by atoms with Crippen LogP contribution in [0.3, 0.4) is 0 Å². The van der Waals surface area contributed by atoms with E-state index in [2.05, 4.69) is 17.1 Å². The number of ether oxygens (including phenoxy) is 1. The molecule has 0 radical (unpaired) electrons. The number of hydrogen-bond donors (Lipinski definition) is 1. The number of hydrogen-bond acceptors (Lipinski definition) is 5. The lowest BCUT2D eigenvalue weighted by atomic mass is 10.1. The van der Waals surface area contributed by atoms with Gasteiger partial charge in [0.05, 0.1) is 0 Å². The average molecular weight is 261 g/mol. The first-order valence-electron chi connectivity index (χ1n) is 6.35. The van der Waals surface area contributed by atoms with Crippen molar-refractivity contribution >= 4 is 0 Å². The molecule has 2 N–H and O–H groups in total. The molecule has 19 heavy (non-hydrogen) atoms. The third-order valence-corrected chi connectivity index (χ3v) is 2.98. The van der Waals surface area contributed by atoms with Gasteiger partial charge in [0, 0.05) is 13.5 Å². The Morgan fingerprint density at radius 2 is 2.05 bits per heavy atom. The summed E-state index contributed by atoms with van der Waals surface area (Å²) < 4.78 is 10.7. The molecule has 0 spiro atoms. The van der Waals surface area contributed by atoms with Crippen LogP contribution in [0, 0.1) is 5.92 Å². The highest BCUT2D eigenvalue weighted by molar-refractivity contribution is 5.22. The summed E-state index contributed by atoms with van der Waals surface area (Å²) in [6, 6.07) is 9.83. The van der Waals surface area contributed by atoms with Gasteiger partial charge in [0.25, 0.3) is 0 Å². The predicted molar refractivity (Wildman–Crippen MR) is 71.5 cm³/mol. The molecule has 5 nitrogen and oxygen atoms in total. The van der Waals surface area contributed by atoms with E-state index in [1.54, 1.807) is 7.11 Å². The third-order valence-electron chi connectivity index (χ3n) is 2.98. The molecule has 1 heterocycles. The van der Waals surface area contributed by atoms with Gasteiger partial charge in [-0.1, -0.05) is 42.4 Å². The Morgan fingerprint density at radius 3 is 2.68 bits per heavy atom. The van der Waals surface area contributed by atoms with Crippen molar-refractivity contribution in [1.82, 2.24) is 10.1 Å². The molecule has 0 bridgehead atoms. The molecule has 1 aromatic heterocycles. The Morgan fingerprint density at radius 1 is 1.32 bits per heavy atom. The molecule has 2 aromatic rings. The van der Waals surface area contributed by atoms with Crippen molar-refractivity contribution in [3.8, 4) is 0 Å². The van der Waals surface area contributed by atoms with Gasteiger partial charge < -0.3 is 15.0 Å². The zero-order valence-electron chi connectivity index (χ0n) is 11.2. The number of nitrogens with two attached hydrogens (primary N) is 1. The van der Waals surface area contributed by atoms with Gasteiger partial charge in [-0.2, -0.15) is 4.98 Å². The smallest absolute Gasteiger partial charge is 0.227 e. The number of methoxy groups -OCH3 is 1. The molecule has 0 amide bonds. The van der Waals surface area contributed by atoms with Crippen LogP contribution in [0.15, 0.2) is 34.9 Å². The maximum absolute atomic E-state index is 5.59. The van der Waals surface area contributed by atoms with Crippen molar-refractivity contribution in [2.75, 3.05) is 13.7 Å². The molecule has 102 valence electrons. The Bertz CT molecular complexity index is 498. The fourth-order valence-electron chi connectivity index (χ4n) is 1.86. The van der Waals surface area contributed by atoms with Crippen LogP contribution in [0.1, 0.15) is 30.3 Å². The number of nitrogens with zero attached hydrogens (tertiary/aromatic N) is 2. The summed E-state index contributed by atoms with van der Waals surface area (Å²) in [6.45, 7) is 2.65. The maximum Gasteiger partial charge on any atom is 0.227 e. The minimum Gasteiger partial charge on any atom is -0.369 e. The Kier molecular flexibility index (Phi) is 4.65. The fraction of sp³-hybridized carbons (Fsp3) is 0.429. The lowest BCUT2D eigenvalue weighted by Crippen LogP contribution is -2.13. The van der Waals surface area contributed by atoms with Gasteiger partial charge >= 0.3 is 0 Å². The van der Waals surface area contributed by atoms with Crippen molar-refractivity contribution in [1.29, 1.82) is 0 Å². The van der Waals surface area contributed by atoms with Crippen molar-refractivity contribution in [2.24, 2.45) is 11.7 Å². The molecule has 2 rings (SSSR count). The summed E-state index contributed by atoms with van der Waals surface area (Å²) in [4.78, 5) is 4.39. The van der Waals surface area contributed by atoms with Gasteiger partial charge in [-0.15, -0.1) is 0 Å². The molecule has 5 heteroatoms. The van der Waals surface area contributed by atoms with E-state index in [1.165, 1.54) is 0 Å². The quantitative estimate of drug-likeness (QED) is 0.860. The first-order chi connectivity index (χ1) is 9.24. The molecule has 0 fully saturated rings. The molecule has 0 saturated carbocycles. The summed E-state index contributed by atoms with van der Waals surface area (Å²) in [5, 5.41) is 4.00. The SMILES string of the molecule is COC(c1ccccc1)c1noc(CC(C)CN)n1. The minimum atomic E-state index is -0.299. The van der Waals surface area contributed by atoms with E-state index >= 15 is 0 Å².